The van der Waals surface area contributed by atoms with Crippen molar-refractivity contribution < 1.29 is 28.6 Å². The van der Waals surface area contributed by atoms with E-state index in [9.17, 15) is 14.4 Å². The van der Waals surface area contributed by atoms with Gasteiger partial charge >= 0.3 is 17.9 Å². The van der Waals surface area contributed by atoms with Crippen LogP contribution < -0.4 is 0 Å². The van der Waals surface area contributed by atoms with Crippen molar-refractivity contribution >= 4 is 17.9 Å². The van der Waals surface area contributed by atoms with Crippen molar-refractivity contribution in [2.24, 2.45) is 0 Å². The second kappa shape index (κ2) is 58.6. The summed E-state index contributed by atoms with van der Waals surface area (Å²) in [6.45, 7) is 6.50. The third-order valence-corrected chi connectivity index (χ3v) is 12.2. The van der Waals surface area contributed by atoms with Crippen LogP contribution in [0.4, 0.5) is 0 Å². The second-order valence-electron chi connectivity index (χ2n) is 19.2. The molecule has 0 rings (SSSR count). The minimum atomic E-state index is -0.818. The Balaban J connectivity index is 4.52. The molecule has 0 amide bonds. The number of rotatable bonds is 52. The van der Waals surface area contributed by atoms with E-state index in [0.717, 1.165) is 103 Å². The molecule has 6 heteroatoms. The summed E-state index contributed by atoms with van der Waals surface area (Å²) in [5.74, 6) is -0.985. The number of carbonyl (C=O) groups is 3. The van der Waals surface area contributed by atoms with E-state index in [1.807, 2.05) is 0 Å². The minimum Gasteiger partial charge on any atom is -0.462 e. The molecule has 0 bridgehead atoms. The predicted octanol–water partition coefficient (Wildman–Crippen LogP) is 19.9. The third kappa shape index (κ3) is 56.9. The lowest BCUT2D eigenvalue weighted by Crippen LogP contribution is -2.30. The van der Waals surface area contributed by atoms with E-state index < -0.39 is 6.10 Å². The summed E-state index contributed by atoms with van der Waals surface area (Å²) in [6.07, 6.45) is 79.3. The van der Waals surface area contributed by atoms with E-state index in [2.05, 4.69) is 130 Å². The number of esters is 3. The number of unbranched alkanes of at least 4 members (excludes halogenated alkanes) is 23. The van der Waals surface area contributed by atoms with Crippen LogP contribution in [-0.2, 0) is 28.6 Å². The van der Waals surface area contributed by atoms with Crippen LogP contribution in [0.1, 0.15) is 265 Å². The molecule has 0 radical (unpaired) electrons. The zero-order valence-electron chi connectivity index (χ0n) is 46.2. The lowest BCUT2D eigenvalue weighted by molar-refractivity contribution is -0.167. The molecule has 0 aromatic rings. The Kier molecular flexibility index (Phi) is 55.4. The van der Waals surface area contributed by atoms with E-state index in [1.54, 1.807) is 0 Å². The van der Waals surface area contributed by atoms with E-state index in [4.69, 9.17) is 14.2 Å². The fraction of sp³-hybridized carbons (Fsp3) is 0.677. The molecule has 0 aromatic heterocycles. The summed E-state index contributed by atoms with van der Waals surface area (Å²) in [6, 6.07) is 0. The van der Waals surface area contributed by atoms with Crippen molar-refractivity contribution in [2.45, 2.75) is 271 Å². The van der Waals surface area contributed by atoms with Gasteiger partial charge in [0.05, 0.1) is 0 Å². The number of hydrogen-bond donors (Lipinski definition) is 0. The number of carbonyl (C=O) groups excluding carboxylic acids is 3. The van der Waals surface area contributed by atoms with Gasteiger partial charge in [-0.05, 0) is 128 Å². The number of hydrogen-bond acceptors (Lipinski definition) is 6. The first-order chi connectivity index (χ1) is 35.0. The summed E-state index contributed by atoms with van der Waals surface area (Å²) in [5, 5.41) is 0. The first-order valence-electron chi connectivity index (χ1n) is 29.4. The van der Waals surface area contributed by atoms with Crippen LogP contribution in [0.5, 0.6) is 0 Å². The van der Waals surface area contributed by atoms with Gasteiger partial charge in [-0.15, -0.1) is 0 Å². The maximum Gasteiger partial charge on any atom is 0.306 e. The van der Waals surface area contributed by atoms with Crippen LogP contribution in [0.3, 0.4) is 0 Å². The molecule has 0 unspecified atom stereocenters. The molecule has 0 aliphatic carbocycles. The Morgan fingerprint density at radius 3 is 0.831 bits per heavy atom. The summed E-state index contributed by atoms with van der Waals surface area (Å²) < 4.78 is 16.8. The highest BCUT2D eigenvalue weighted by atomic mass is 16.6. The van der Waals surface area contributed by atoms with Crippen LogP contribution >= 0.6 is 0 Å². The highest BCUT2D eigenvalue weighted by Gasteiger charge is 2.19. The number of ether oxygens (including phenoxy) is 3. The molecule has 0 aromatic carbocycles. The predicted molar refractivity (Wildman–Crippen MR) is 307 cm³/mol. The second-order valence-corrected chi connectivity index (χ2v) is 19.2. The smallest absolute Gasteiger partial charge is 0.306 e. The van der Waals surface area contributed by atoms with Crippen LogP contribution in [-0.4, -0.2) is 37.2 Å². The van der Waals surface area contributed by atoms with Crippen LogP contribution in [0.2, 0.25) is 0 Å². The van der Waals surface area contributed by atoms with Crippen LogP contribution in [0, 0.1) is 0 Å². The molecule has 0 saturated heterocycles. The van der Waals surface area contributed by atoms with Gasteiger partial charge in [-0.1, -0.05) is 226 Å². The lowest BCUT2D eigenvalue weighted by Gasteiger charge is -2.18. The zero-order chi connectivity index (χ0) is 51.4. The SMILES string of the molecule is CCCCC/C=C\C/C=C\C/C=C\C/C=C\CCCC(=O)O[C@@H](COC(=O)CCCCCCCC/C=C\C/C=C\C/C=C\CCCCC)COC(=O)CCCCCCCCC/C=C\C/C=C\CCCCC. The maximum atomic E-state index is 12.8. The molecule has 0 aliphatic heterocycles. The van der Waals surface area contributed by atoms with Gasteiger partial charge in [-0.3, -0.25) is 14.4 Å². The first-order valence-corrected chi connectivity index (χ1v) is 29.4. The molecule has 0 spiro atoms. The quantitative estimate of drug-likeness (QED) is 0.0261. The van der Waals surface area contributed by atoms with Gasteiger partial charge < -0.3 is 14.2 Å². The van der Waals surface area contributed by atoms with Gasteiger partial charge in [0.1, 0.15) is 13.2 Å². The molecule has 71 heavy (non-hydrogen) atoms. The maximum absolute atomic E-state index is 12.8. The van der Waals surface area contributed by atoms with Crippen molar-refractivity contribution in [3.63, 3.8) is 0 Å². The van der Waals surface area contributed by atoms with Crippen LogP contribution in [0.15, 0.2) is 109 Å². The highest BCUT2D eigenvalue weighted by Crippen LogP contribution is 2.14. The topological polar surface area (TPSA) is 78.9 Å². The Hall–Kier alpha value is -3.93. The monoisotopic (exact) mass is 985 g/mol. The first kappa shape index (κ1) is 67.1. The molecule has 1 atom stereocenters. The van der Waals surface area contributed by atoms with Gasteiger partial charge in [0.15, 0.2) is 6.10 Å². The molecule has 0 aliphatic rings. The Bertz CT molecular complexity index is 1460. The van der Waals surface area contributed by atoms with Gasteiger partial charge in [-0.2, -0.15) is 0 Å². The molecule has 0 saturated carbocycles. The van der Waals surface area contributed by atoms with Crippen LogP contribution in [0.25, 0.3) is 0 Å². The molecular weight excluding hydrogens is 877 g/mol. The van der Waals surface area contributed by atoms with Crippen molar-refractivity contribution in [3.05, 3.63) is 109 Å². The van der Waals surface area contributed by atoms with Crippen molar-refractivity contribution in [3.8, 4) is 0 Å². The molecule has 0 heterocycles. The van der Waals surface area contributed by atoms with Crippen molar-refractivity contribution in [1.29, 1.82) is 0 Å². The molecule has 0 fully saturated rings. The van der Waals surface area contributed by atoms with E-state index >= 15 is 0 Å². The minimum absolute atomic E-state index is 0.110. The molecule has 404 valence electrons. The summed E-state index contributed by atoms with van der Waals surface area (Å²) in [4.78, 5) is 38.2. The fourth-order valence-corrected chi connectivity index (χ4v) is 7.77. The summed E-state index contributed by atoms with van der Waals surface area (Å²) >= 11 is 0. The van der Waals surface area contributed by atoms with E-state index in [0.29, 0.717) is 19.3 Å². The highest BCUT2D eigenvalue weighted by molar-refractivity contribution is 5.71. The molecule has 6 nitrogen and oxygen atoms in total. The largest absolute Gasteiger partial charge is 0.462 e. The Morgan fingerprint density at radius 1 is 0.282 bits per heavy atom. The fourth-order valence-electron chi connectivity index (χ4n) is 7.77. The summed E-state index contributed by atoms with van der Waals surface area (Å²) in [5.41, 5.74) is 0. The molecule has 0 N–H and O–H groups in total. The Morgan fingerprint density at radius 2 is 0.521 bits per heavy atom. The standard InChI is InChI=1S/C65H108O6/c1-4-7-10-13-16-19-22-25-28-31-32-35-37-40-43-46-49-52-55-58-64(67)70-61-62(71-65(68)59-56-53-50-47-44-41-38-34-30-27-24-21-18-15-12-9-6-3)60-69-63(66)57-54-51-48-45-42-39-36-33-29-26-23-20-17-14-11-8-5-2/h16-21,25-30,32,35,38,41,47,50,62H,4-15,22-24,31,33-34,36-37,39-40,42-46,48-49,51-61H2,1-3H3/b19-16-,20-17-,21-18-,28-25-,29-26-,30-27-,35-32-,41-38-,50-47-/t62-/m1/s1. The zero-order valence-corrected chi connectivity index (χ0v) is 46.2. The van der Waals surface area contributed by atoms with Crippen molar-refractivity contribution in [2.75, 3.05) is 13.2 Å². The van der Waals surface area contributed by atoms with Gasteiger partial charge in [0.2, 0.25) is 0 Å². The summed E-state index contributed by atoms with van der Waals surface area (Å²) in [7, 11) is 0. The van der Waals surface area contributed by atoms with Crippen molar-refractivity contribution in [1.82, 2.24) is 0 Å². The number of allylic oxidation sites excluding steroid dienone is 18. The normalized spacial score (nSPS) is 12.9. The van der Waals surface area contributed by atoms with E-state index in [-0.39, 0.29) is 37.5 Å². The van der Waals surface area contributed by atoms with Gasteiger partial charge in [-0.25, -0.2) is 0 Å². The average molecular weight is 986 g/mol. The van der Waals surface area contributed by atoms with Gasteiger partial charge in [0, 0.05) is 19.3 Å². The lowest BCUT2D eigenvalue weighted by atomic mass is 10.1. The van der Waals surface area contributed by atoms with Gasteiger partial charge in [0.25, 0.3) is 0 Å². The van der Waals surface area contributed by atoms with E-state index in [1.165, 1.54) is 116 Å². The average Bonchev–Trinajstić information content (AvgIpc) is 3.37. The Labute approximate surface area is 438 Å². The molecular formula is C65H108O6. The third-order valence-electron chi connectivity index (χ3n) is 12.2.